The molecule has 0 aromatic carbocycles. The van der Waals surface area contributed by atoms with E-state index in [-0.39, 0.29) is 11.6 Å². The molecule has 142 valence electrons. The third-order valence-electron chi connectivity index (χ3n) is 3.39. The Morgan fingerprint density at radius 1 is 1.26 bits per heavy atom. The molecule has 3 aromatic heterocycles. The number of rotatable bonds is 5. The van der Waals surface area contributed by atoms with Crippen LogP contribution in [0.1, 0.15) is 0 Å². The summed E-state index contributed by atoms with van der Waals surface area (Å²) in [5, 5.41) is 5.00. The smallest absolute Gasteiger partial charge is 0.358 e. The molecular weight excluding hydrogens is 392 g/mol. The third kappa shape index (κ3) is 4.61. The lowest BCUT2D eigenvalue weighted by molar-refractivity contribution is -0.137. The molecule has 3 heterocycles. The quantitative estimate of drug-likeness (QED) is 0.570. The van der Waals surface area contributed by atoms with Crippen LogP contribution in [0.15, 0.2) is 24.7 Å². The topological polar surface area (TPSA) is 95.6 Å². The number of carbonyl (C=O) groups is 1. The van der Waals surface area contributed by atoms with E-state index in [2.05, 4.69) is 25.3 Å². The van der Waals surface area contributed by atoms with Crippen LogP contribution in [0.5, 0.6) is 0 Å². The summed E-state index contributed by atoms with van der Waals surface area (Å²) in [4.78, 5) is 26.3. The maximum atomic E-state index is 13.9. The average Bonchev–Trinajstić information content (AvgIpc) is 3.01. The van der Waals surface area contributed by atoms with E-state index >= 15 is 0 Å². The van der Waals surface area contributed by atoms with Crippen molar-refractivity contribution in [2.45, 2.75) is 6.18 Å². The normalized spacial score (nSPS) is 11.6. The second-order valence-corrected chi connectivity index (χ2v) is 5.82. The summed E-state index contributed by atoms with van der Waals surface area (Å²) < 4.78 is 50.1. The van der Waals surface area contributed by atoms with Crippen molar-refractivity contribution in [1.29, 1.82) is 0 Å². The predicted octanol–water partition coefficient (Wildman–Crippen LogP) is 2.90. The van der Waals surface area contributed by atoms with Gasteiger partial charge in [-0.05, 0) is 6.07 Å². The molecule has 0 aliphatic heterocycles. The first kappa shape index (κ1) is 18.8. The Labute approximate surface area is 154 Å². The van der Waals surface area contributed by atoms with E-state index in [0.29, 0.717) is 21.6 Å². The number of nitrogens with one attached hydrogen (secondary N) is 3. The molecule has 27 heavy (non-hydrogen) atoms. The molecule has 3 rings (SSSR count). The highest BCUT2D eigenvalue weighted by atomic mass is 35.5. The van der Waals surface area contributed by atoms with Gasteiger partial charge in [0.2, 0.25) is 5.91 Å². The highest BCUT2D eigenvalue weighted by molar-refractivity contribution is 6.31. The zero-order valence-electron chi connectivity index (χ0n) is 13.4. The maximum absolute atomic E-state index is 13.9. The summed E-state index contributed by atoms with van der Waals surface area (Å²) in [5.74, 6) is -2.04. The molecule has 3 aromatic rings. The number of halogens is 5. The maximum Gasteiger partial charge on any atom is 0.405 e. The van der Waals surface area contributed by atoms with Gasteiger partial charge in [-0.25, -0.2) is 19.3 Å². The number of aromatic nitrogens is 4. The molecule has 0 fully saturated rings. The van der Waals surface area contributed by atoms with Crippen LogP contribution in [0, 0.1) is 5.82 Å². The van der Waals surface area contributed by atoms with Crippen molar-refractivity contribution >= 4 is 34.4 Å². The molecule has 0 spiro atoms. The molecule has 1 amide bonds. The SMILES string of the molecule is O=C(CNc1nc(-c2c[nH]c3ncc(Cl)cc23)ncc1F)NCC(F)(F)F. The van der Waals surface area contributed by atoms with Gasteiger partial charge in [0.25, 0.3) is 0 Å². The standard InChI is InChI=1S/C15H11ClF4N6O/c16-7-1-8-9(3-22-12(8)21-2-7)13-23-4-10(17)14(26-13)24-5-11(27)25-6-15(18,19)20/h1-4H,5-6H2,(H,21,22)(H,25,27)(H,23,24,26). The van der Waals surface area contributed by atoms with Gasteiger partial charge in [-0.15, -0.1) is 0 Å². The van der Waals surface area contributed by atoms with Crippen molar-refractivity contribution in [2.75, 3.05) is 18.4 Å². The number of fused-ring (bicyclic) bond motifs is 1. The van der Waals surface area contributed by atoms with Crippen LogP contribution in [-0.4, -0.2) is 45.1 Å². The van der Waals surface area contributed by atoms with Gasteiger partial charge < -0.3 is 15.6 Å². The zero-order chi connectivity index (χ0) is 19.6. The lowest BCUT2D eigenvalue weighted by Gasteiger charge is -2.10. The van der Waals surface area contributed by atoms with Gasteiger partial charge in [0, 0.05) is 23.3 Å². The number of alkyl halides is 3. The first-order valence-electron chi connectivity index (χ1n) is 7.46. The summed E-state index contributed by atoms with van der Waals surface area (Å²) in [6.07, 6.45) is -0.647. The Hall–Kier alpha value is -2.95. The summed E-state index contributed by atoms with van der Waals surface area (Å²) in [6.45, 7) is -2.07. The summed E-state index contributed by atoms with van der Waals surface area (Å²) in [7, 11) is 0. The molecular formula is C15H11ClF4N6O. The fourth-order valence-electron chi connectivity index (χ4n) is 2.21. The van der Waals surface area contributed by atoms with Gasteiger partial charge >= 0.3 is 6.18 Å². The molecule has 7 nitrogen and oxygen atoms in total. The van der Waals surface area contributed by atoms with Crippen molar-refractivity contribution < 1.29 is 22.4 Å². The van der Waals surface area contributed by atoms with Crippen molar-refractivity contribution in [2.24, 2.45) is 0 Å². The molecule has 0 atom stereocenters. The van der Waals surface area contributed by atoms with Crippen LogP contribution in [0.25, 0.3) is 22.4 Å². The summed E-state index contributed by atoms with van der Waals surface area (Å²) in [6, 6.07) is 1.63. The zero-order valence-corrected chi connectivity index (χ0v) is 14.1. The number of carbonyl (C=O) groups excluding carboxylic acids is 1. The Bertz CT molecular complexity index is 990. The number of nitrogens with zero attached hydrogens (tertiary/aromatic N) is 3. The van der Waals surface area contributed by atoms with Crippen molar-refractivity contribution in [3.05, 3.63) is 35.5 Å². The lowest BCUT2D eigenvalue weighted by Crippen LogP contribution is -2.37. The Balaban J connectivity index is 1.78. The van der Waals surface area contributed by atoms with Gasteiger partial charge in [-0.1, -0.05) is 11.6 Å². The van der Waals surface area contributed by atoms with E-state index in [9.17, 15) is 22.4 Å². The van der Waals surface area contributed by atoms with Gasteiger partial charge in [-0.2, -0.15) is 13.2 Å². The van der Waals surface area contributed by atoms with E-state index in [0.717, 1.165) is 6.20 Å². The van der Waals surface area contributed by atoms with Gasteiger partial charge in [0.1, 0.15) is 12.2 Å². The second kappa shape index (κ2) is 7.35. The number of hydrogen-bond acceptors (Lipinski definition) is 5. The van der Waals surface area contributed by atoms with Crippen molar-refractivity contribution in [1.82, 2.24) is 25.3 Å². The minimum atomic E-state index is -4.53. The molecule has 0 saturated carbocycles. The summed E-state index contributed by atoms with van der Waals surface area (Å²) in [5.41, 5.74) is 1.01. The predicted molar refractivity (Wildman–Crippen MR) is 89.6 cm³/mol. The van der Waals surface area contributed by atoms with Crippen LogP contribution >= 0.6 is 11.6 Å². The van der Waals surface area contributed by atoms with Crippen LogP contribution in [0.2, 0.25) is 5.02 Å². The van der Waals surface area contributed by atoms with Crippen LogP contribution in [0.4, 0.5) is 23.4 Å². The van der Waals surface area contributed by atoms with E-state index < -0.39 is 31.0 Å². The average molecular weight is 403 g/mol. The number of H-pyrrole nitrogens is 1. The Kier molecular flexibility index (Phi) is 5.13. The molecule has 0 aliphatic carbocycles. The highest BCUT2D eigenvalue weighted by Crippen LogP contribution is 2.28. The first-order valence-corrected chi connectivity index (χ1v) is 7.83. The molecule has 0 aliphatic rings. The van der Waals surface area contributed by atoms with E-state index in [4.69, 9.17) is 11.6 Å². The fourth-order valence-corrected chi connectivity index (χ4v) is 2.37. The van der Waals surface area contributed by atoms with E-state index in [1.54, 1.807) is 17.6 Å². The third-order valence-corrected chi connectivity index (χ3v) is 3.59. The van der Waals surface area contributed by atoms with Crippen LogP contribution in [-0.2, 0) is 4.79 Å². The van der Waals surface area contributed by atoms with Gasteiger partial charge in [-0.3, -0.25) is 4.79 Å². The molecule has 0 bridgehead atoms. The number of hydrogen-bond donors (Lipinski definition) is 3. The van der Waals surface area contributed by atoms with Gasteiger partial charge in [0.05, 0.1) is 17.8 Å². The van der Waals surface area contributed by atoms with Crippen LogP contribution < -0.4 is 10.6 Å². The largest absolute Gasteiger partial charge is 0.405 e. The number of pyridine rings is 1. The van der Waals surface area contributed by atoms with Crippen molar-refractivity contribution in [3.8, 4) is 11.4 Å². The number of aromatic amines is 1. The first-order chi connectivity index (χ1) is 12.7. The number of anilines is 1. The minimum absolute atomic E-state index is 0.116. The highest BCUT2D eigenvalue weighted by Gasteiger charge is 2.27. The molecule has 3 N–H and O–H groups in total. The molecule has 12 heteroatoms. The van der Waals surface area contributed by atoms with E-state index in [1.165, 1.54) is 6.20 Å². The minimum Gasteiger partial charge on any atom is -0.358 e. The lowest BCUT2D eigenvalue weighted by atomic mass is 10.2. The molecule has 0 unspecified atom stereocenters. The monoisotopic (exact) mass is 402 g/mol. The molecule has 0 radical (unpaired) electrons. The second-order valence-electron chi connectivity index (χ2n) is 5.39. The molecule has 0 saturated heterocycles. The Morgan fingerprint density at radius 3 is 2.78 bits per heavy atom. The van der Waals surface area contributed by atoms with Gasteiger partial charge in [0.15, 0.2) is 17.5 Å². The summed E-state index contributed by atoms with van der Waals surface area (Å²) >= 11 is 5.92. The number of amides is 1. The van der Waals surface area contributed by atoms with Crippen LogP contribution in [0.3, 0.4) is 0 Å². The van der Waals surface area contributed by atoms with Crippen molar-refractivity contribution in [3.63, 3.8) is 0 Å². The Morgan fingerprint density at radius 2 is 2.04 bits per heavy atom. The van der Waals surface area contributed by atoms with E-state index in [1.807, 2.05) is 0 Å². The fraction of sp³-hybridized carbons (Fsp3) is 0.200.